The summed E-state index contributed by atoms with van der Waals surface area (Å²) >= 11 is 0. The van der Waals surface area contributed by atoms with Crippen LogP contribution in [0.2, 0.25) is 0 Å². The van der Waals surface area contributed by atoms with Crippen molar-refractivity contribution in [1.82, 2.24) is 19.6 Å². The van der Waals surface area contributed by atoms with Crippen LogP contribution >= 0.6 is 7.82 Å². The fourth-order valence-corrected chi connectivity index (χ4v) is 1.80. The number of hydrogen-bond donors (Lipinski definition) is 2. The Bertz CT molecular complexity index is 627. The second-order valence-electron chi connectivity index (χ2n) is 3.33. The summed E-state index contributed by atoms with van der Waals surface area (Å²) in [5.41, 5.74) is 0.276. The number of anilines is 1. The Hall–Kier alpha value is -1.70. The SMILES string of the molecule is CNc1nc(C)nc2c(OP(=O)(O)OC)cnn12. The van der Waals surface area contributed by atoms with Crippen molar-refractivity contribution in [2.24, 2.45) is 0 Å². The Balaban J connectivity index is 2.54. The highest BCUT2D eigenvalue weighted by molar-refractivity contribution is 7.47. The Morgan fingerprint density at radius 1 is 1.50 bits per heavy atom. The maximum atomic E-state index is 11.3. The lowest BCUT2D eigenvalue weighted by Crippen LogP contribution is -2.06. The van der Waals surface area contributed by atoms with Gasteiger partial charge in [0.15, 0.2) is 5.75 Å². The molecular weight excluding hydrogens is 261 g/mol. The predicted molar refractivity (Wildman–Crippen MR) is 62.5 cm³/mol. The number of phosphoric ester groups is 1. The Morgan fingerprint density at radius 3 is 2.83 bits per heavy atom. The lowest BCUT2D eigenvalue weighted by atomic mass is 10.6. The minimum atomic E-state index is -4.14. The zero-order valence-electron chi connectivity index (χ0n) is 9.99. The topological polar surface area (TPSA) is 111 Å². The zero-order chi connectivity index (χ0) is 13.3. The number of nitrogens with one attached hydrogen (secondary N) is 1. The Morgan fingerprint density at radius 2 is 2.22 bits per heavy atom. The normalized spacial score (nSPS) is 14.4. The predicted octanol–water partition coefficient (Wildman–Crippen LogP) is 0.600. The maximum Gasteiger partial charge on any atom is 0.527 e. The molecule has 0 aliphatic carbocycles. The summed E-state index contributed by atoms with van der Waals surface area (Å²) in [7, 11) is -1.39. The van der Waals surface area contributed by atoms with Gasteiger partial charge in [-0.05, 0) is 6.92 Å². The molecule has 98 valence electrons. The number of aryl methyl sites for hydroxylation is 1. The quantitative estimate of drug-likeness (QED) is 0.779. The van der Waals surface area contributed by atoms with Gasteiger partial charge in [0, 0.05) is 14.2 Å². The van der Waals surface area contributed by atoms with Crippen LogP contribution in [0.25, 0.3) is 5.65 Å². The maximum absolute atomic E-state index is 11.3. The Kier molecular flexibility index (Phi) is 3.20. The van der Waals surface area contributed by atoms with E-state index in [0.717, 1.165) is 7.11 Å². The van der Waals surface area contributed by atoms with E-state index in [1.807, 2.05) is 0 Å². The molecule has 0 saturated heterocycles. The summed E-state index contributed by atoms with van der Waals surface area (Å²) in [6.07, 6.45) is 1.27. The van der Waals surface area contributed by atoms with E-state index in [1.54, 1.807) is 14.0 Å². The van der Waals surface area contributed by atoms with Crippen molar-refractivity contribution < 1.29 is 18.5 Å². The number of nitrogens with zero attached hydrogens (tertiary/aromatic N) is 4. The van der Waals surface area contributed by atoms with E-state index < -0.39 is 7.82 Å². The van der Waals surface area contributed by atoms with Crippen molar-refractivity contribution in [2.75, 3.05) is 19.5 Å². The van der Waals surface area contributed by atoms with Crippen LogP contribution < -0.4 is 9.84 Å². The van der Waals surface area contributed by atoms with Crippen LogP contribution in [0.4, 0.5) is 5.95 Å². The van der Waals surface area contributed by atoms with E-state index in [9.17, 15) is 9.46 Å². The molecule has 2 N–H and O–H groups in total. The molecule has 0 bridgehead atoms. The van der Waals surface area contributed by atoms with Crippen LogP contribution in [0.3, 0.4) is 0 Å². The van der Waals surface area contributed by atoms with E-state index in [0.29, 0.717) is 11.8 Å². The van der Waals surface area contributed by atoms with Gasteiger partial charge in [0.2, 0.25) is 11.6 Å². The largest absolute Gasteiger partial charge is 0.527 e. The standard InChI is InChI=1S/C8H12N5O4P/c1-5-11-7-6(17-18(14,15)16-3)4-10-13(7)8(9-2)12-5/h4H,1-3H3,(H,14,15)(H,9,11,12). The molecule has 0 saturated carbocycles. The number of rotatable bonds is 4. The average Bonchev–Trinajstić information content (AvgIpc) is 2.71. The van der Waals surface area contributed by atoms with Gasteiger partial charge in [-0.15, -0.1) is 0 Å². The molecule has 10 heteroatoms. The van der Waals surface area contributed by atoms with Gasteiger partial charge in [0.25, 0.3) is 0 Å². The first kappa shape index (κ1) is 12.7. The summed E-state index contributed by atoms with van der Waals surface area (Å²) in [6, 6.07) is 0. The second kappa shape index (κ2) is 4.52. The molecule has 0 amide bonds. The minimum absolute atomic E-state index is 0.0460. The van der Waals surface area contributed by atoms with Crippen molar-refractivity contribution in [1.29, 1.82) is 0 Å². The van der Waals surface area contributed by atoms with Crippen molar-refractivity contribution in [3.8, 4) is 5.75 Å². The fourth-order valence-electron chi connectivity index (χ4n) is 1.35. The molecule has 2 aromatic heterocycles. The summed E-state index contributed by atoms with van der Waals surface area (Å²) in [4.78, 5) is 17.5. The first-order valence-electron chi connectivity index (χ1n) is 4.95. The highest BCUT2D eigenvalue weighted by Gasteiger charge is 2.24. The van der Waals surface area contributed by atoms with Gasteiger partial charge in [-0.25, -0.2) is 9.55 Å². The zero-order valence-corrected chi connectivity index (χ0v) is 10.9. The minimum Gasteiger partial charge on any atom is -0.398 e. The number of phosphoric acid groups is 1. The second-order valence-corrected chi connectivity index (χ2v) is 4.82. The first-order valence-corrected chi connectivity index (χ1v) is 6.44. The molecule has 2 aromatic rings. The third-order valence-electron chi connectivity index (χ3n) is 2.12. The van der Waals surface area contributed by atoms with Crippen molar-refractivity contribution in [2.45, 2.75) is 6.92 Å². The van der Waals surface area contributed by atoms with Crippen LogP contribution in [0.15, 0.2) is 6.20 Å². The molecule has 18 heavy (non-hydrogen) atoms. The van der Waals surface area contributed by atoms with Gasteiger partial charge in [-0.1, -0.05) is 0 Å². The van der Waals surface area contributed by atoms with Gasteiger partial charge in [0.05, 0.1) is 6.20 Å². The fraction of sp³-hybridized carbons (Fsp3) is 0.375. The van der Waals surface area contributed by atoms with Gasteiger partial charge in [-0.3, -0.25) is 9.42 Å². The molecule has 2 heterocycles. The molecule has 0 radical (unpaired) electrons. The first-order chi connectivity index (χ1) is 8.46. The molecule has 0 spiro atoms. The summed E-state index contributed by atoms with van der Waals surface area (Å²) < 4.78 is 21.9. The van der Waals surface area contributed by atoms with Crippen LogP contribution in [0, 0.1) is 6.92 Å². The molecule has 0 aliphatic rings. The summed E-state index contributed by atoms with van der Waals surface area (Å²) in [5, 5.41) is 6.80. The average molecular weight is 273 g/mol. The van der Waals surface area contributed by atoms with Gasteiger partial charge in [0.1, 0.15) is 5.82 Å². The van der Waals surface area contributed by atoms with E-state index >= 15 is 0 Å². The van der Waals surface area contributed by atoms with Crippen molar-refractivity contribution in [3.05, 3.63) is 12.0 Å². The smallest absolute Gasteiger partial charge is 0.398 e. The van der Waals surface area contributed by atoms with Gasteiger partial charge >= 0.3 is 7.82 Å². The number of aromatic nitrogens is 4. The lowest BCUT2D eigenvalue weighted by Gasteiger charge is -2.09. The molecule has 0 aromatic carbocycles. The van der Waals surface area contributed by atoms with E-state index in [2.05, 4.69) is 24.9 Å². The highest BCUT2D eigenvalue weighted by atomic mass is 31.2. The van der Waals surface area contributed by atoms with Crippen LogP contribution in [0.1, 0.15) is 5.82 Å². The van der Waals surface area contributed by atoms with Crippen LogP contribution in [0.5, 0.6) is 5.75 Å². The van der Waals surface area contributed by atoms with Gasteiger partial charge < -0.3 is 9.84 Å². The summed E-state index contributed by atoms with van der Waals surface area (Å²) in [5.74, 6) is 0.963. The van der Waals surface area contributed by atoms with E-state index in [-0.39, 0.29) is 11.4 Å². The van der Waals surface area contributed by atoms with Gasteiger partial charge in [-0.2, -0.15) is 14.6 Å². The summed E-state index contributed by atoms with van der Waals surface area (Å²) in [6.45, 7) is 1.69. The van der Waals surface area contributed by atoms with Crippen molar-refractivity contribution in [3.63, 3.8) is 0 Å². The molecule has 0 aliphatic heterocycles. The molecule has 2 rings (SSSR count). The Labute approximate surface area is 102 Å². The molecule has 1 atom stereocenters. The number of hydrogen-bond acceptors (Lipinski definition) is 7. The monoisotopic (exact) mass is 273 g/mol. The molecule has 9 nitrogen and oxygen atoms in total. The highest BCUT2D eigenvalue weighted by Crippen LogP contribution is 2.43. The lowest BCUT2D eigenvalue weighted by molar-refractivity contribution is 0.243. The van der Waals surface area contributed by atoms with E-state index in [1.165, 1.54) is 10.7 Å². The third kappa shape index (κ3) is 2.28. The molecular formula is C8H12N5O4P. The van der Waals surface area contributed by atoms with E-state index in [4.69, 9.17) is 4.52 Å². The number of fused-ring (bicyclic) bond motifs is 1. The molecule has 0 fully saturated rings. The van der Waals surface area contributed by atoms with Crippen molar-refractivity contribution >= 4 is 19.4 Å². The third-order valence-corrected chi connectivity index (χ3v) is 3.00. The molecule has 1 unspecified atom stereocenters. The van der Waals surface area contributed by atoms with Crippen LogP contribution in [-0.2, 0) is 9.09 Å². The van der Waals surface area contributed by atoms with Crippen LogP contribution in [-0.4, -0.2) is 38.6 Å².